The molecule has 0 radical (unpaired) electrons. The van der Waals surface area contributed by atoms with Crippen molar-refractivity contribution in [3.05, 3.63) is 35.2 Å². The number of carbonyl (C=O) groups is 1. The third-order valence-electron chi connectivity index (χ3n) is 4.33. The van der Waals surface area contributed by atoms with Gasteiger partial charge in [-0.05, 0) is 26.6 Å². The standard InChI is InChI=1S/C16H21ClN6O/c1-18-14-6-12(17)8-19-15(14)23-9-11(7-20-23)16(24)22-5-4-13(10-22)21(2)3/h6-9,13,18H,4-5,10H2,1-3H3. The minimum Gasteiger partial charge on any atom is -0.385 e. The number of likely N-dealkylation sites (tertiary alicyclic amines) is 1. The molecular weight excluding hydrogens is 328 g/mol. The van der Waals surface area contributed by atoms with Gasteiger partial charge in [0.25, 0.3) is 5.91 Å². The van der Waals surface area contributed by atoms with Crippen molar-refractivity contribution in [2.75, 3.05) is 39.5 Å². The van der Waals surface area contributed by atoms with Gasteiger partial charge in [0.05, 0.1) is 22.5 Å². The number of pyridine rings is 1. The fourth-order valence-electron chi connectivity index (χ4n) is 2.88. The number of halogens is 1. The summed E-state index contributed by atoms with van der Waals surface area (Å²) in [6.45, 7) is 1.52. The van der Waals surface area contributed by atoms with Crippen molar-refractivity contribution in [1.82, 2.24) is 24.6 Å². The average Bonchev–Trinajstić information content (AvgIpc) is 3.23. The number of anilines is 1. The second-order valence-corrected chi connectivity index (χ2v) is 6.54. The molecule has 128 valence electrons. The molecule has 3 rings (SSSR count). The van der Waals surface area contributed by atoms with Crippen molar-refractivity contribution in [1.29, 1.82) is 0 Å². The molecule has 1 atom stereocenters. The Morgan fingerprint density at radius 2 is 2.21 bits per heavy atom. The van der Waals surface area contributed by atoms with Crippen LogP contribution < -0.4 is 5.32 Å². The molecule has 3 heterocycles. The lowest BCUT2D eigenvalue weighted by atomic mass is 10.2. The monoisotopic (exact) mass is 348 g/mol. The summed E-state index contributed by atoms with van der Waals surface area (Å²) in [5.41, 5.74) is 1.31. The molecule has 0 saturated carbocycles. The first-order chi connectivity index (χ1) is 11.5. The Morgan fingerprint density at radius 1 is 1.42 bits per heavy atom. The topological polar surface area (TPSA) is 66.3 Å². The molecule has 2 aromatic heterocycles. The minimum absolute atomic E-state index is 0.00516. The first-order valence-corrected chi connectivity index (χ1v) is 8.21. The van der Waals surface area contributed by atoms with Crippen LogP contribution in [0.2, 0.25) is 5.02 Å². The quantitative estimate of drug-likeness (QED) is 0.911. The Labute approximate surface area is 146 Å². The number of rotatable bonds is 4. The lowest BCUT2D eigenvalue weighted by Crippen LogP contribution is -2.34. The summed E-state index contributed by atoms with van der Waals surface area (Å²) in [6.07, 6.45) is 5.85. The van der Waals surface area contributed by atoms with Crippen LogP contribution in [0, 0.1) is 0 Å². The number of aromatic nitrogens is 3. The van der Waals surface area contributed by atoms with E-state index in [4.69, 9.17) is 11.6 Å². The molecule has 1 aliphatic heterocycles. The molecule has 1 amide bonds. The van der Waals surface area contributed by atoms with Crippen LogP contribution in [0.3, 0.4) is 0 Å². The summed E-state index contributed by atoms with van der Waals surface area (Å²) in [6, 6.07) is 2.19. The zero-order valence-corrected chi connectivity index (χ0v) is 14.8. The highest BCUT2D eigenvalue weighted by atomic mass is 35.5. The Hall–Kier alpha value is -2.12. The number of nitrogens with zero attached hydrogens (tertiary/aromatic N) is 5. The number of hydrogen-bond donors (Lipinski definition) is 1. The van der Waals surface area contributed by atoms with Gasteiger partial charge in [-0.15, -0.1) is 0 Å². The molecule has 8 heteroatoms. The van der Waals surface area contributed by atoms with Crippen molar-refractivity contribution < 1.29 is 4.79 Å². The van der Waals surface area contributed by atoms with Crippen molar-refractivity contribution in [3.63, 3.8) is 0 Å². The van der Waals surface area contributed by atoms with Gasteiger partial charge in [0.15, 0.2) is 5.82 Å². The number of likely N-dealkylation sites (N-methyl/N-ethyl adjacent to an activating group) is 1. The molecule has 7 nitrogen and oxygen atoms in total. The van der Waals surface area contributed by atoms with Crippen LogP contribution >= 0.6 is 11.6 Å². The number of hydrogen-bond acceptors (Lipinski definition) is 5. The van der Waals surface area contributed by atoms with Gasteiger partial charge in [-0.25, -0.2) is 9.67 Å². The van der Waals surface area contributed by atoms with Crippen molar-refractivity contribution in [2.45, 2.75) is 12.5 Å². The molecule has 0 aromatic carbocycles. The smallest absolute Gasteiger partial charge is 0.257 e. The van der Waals surface area contributed by atoms with E-state index in [9.17, 15) is 4.79 Å². The van der Waals surface area contributed by atoms with E-state index in [0.717, 1.165) is 25.2 Å². The summed E-state index contributed by atoms with van der Waals surface area (Å²) >= 11 is 5.97. The van der Waals surface area contributed by atoms with E-state index in [1.807, 2.05) is 19.0 Å². The van der Waals surface area contributed by atoms with Crippen molar-refractivity contribution in [3.8, 4) is 5.82 Å². The van der Waals surface area contributed by atoms with E-state index in [1.54, 1.807) is 36.4 Å². The van der Waals surface area contributed by atoms with E-state index in [2.05, 4.69) is 20.3 Å². The third-order valence-corrected chi connectivity index (χ3v) is 4.54. The van der Waals surface area contributed by atoms with E-state index in [-0.39, 0.29) is 5.91 Å². The largest absolute Gasteiger partial charge is 0.385 e. The Kier molecular flexibility index (Phi) is 4.73. The fourth-order valence-corrected chi connectivity index (χ4v) is 3.04. The zero-order valence-electron chi connectivity index (χ0n) is 14.0. The molecule has 0 bridgehead atoms. The lowest BCUT2D eigenvalue weighted by Gasteiger charge is -2.20. The van der Waals surface area contributed by atoms with Gasteiger partial charge in [-0.2, -0.15) is 5.10 Å². The molecule has 0 aliphatic carbocycles. The second-order valence-electron chi connectivity index (χ2n) is 6.11. The second kappa shape index (κ2) is 6.78. The Morgan fingerprint density at radius 3 is 2.88 bits per heavy atom. The molecule has 0 spiro atoms. The summed E-state index contributed by atoms with van der Waals surface area (Å²) in [4.78, 5) is 21.0. The highest BCUT2D eigenvalue weighted by Gasteiger charge is 2.28. The number of nitrogens with one attached hydrogen (secondary N) is 1. The first-order valence-electron chi connectivity index (χ1n) is 7.83. The zero-order chi connectivity index (χ0) is 17.3. The number of amides is 1. The van der Waals surface area contributed by atoms with Crippen LogP contribution in [-0.4, -0.2) is 70.7 Å². The molecule has 1 N–H and O–H groups in total. The van der Waals surface area contributed by atoms with Gasteiger partial charge in [-0.3, -0.25) is 4.79 Å². The van der Waals surface area contributed by atoms with Crippen LogP contribution in [0.15, 0.2) is 24.7 Å². The summed E-state index contributed by atoms with van der Waals surface area (Å²) < 4.78 is 1.59. The van der Waals surface area contributed by atoms with Gasteiger partial charge in [0.1, 0.15) is 0 Å². The van der Waals surface area contributed by atoms with Crippen LogP contribution in [0.25, 0.3) is 5.82 Å². The van der Waals surface area contributed by atoms with E-state index in [1.165, 1.54) is 0 Å². The summed E-state index contributed by atoms with van der Waals surface area (Å²) in [5.74, 6) is 0.610. The Bertz CT molecular complexity index is 744. The lowest BCUT2D eigenvalue weighted by molar-refractivity contribution is 0.0783. The highest BCUT2D eigenvalue weighted by molar-refractivity contribution is 6.30. The molecular formula is C16H21ClN6O. The summed E-state index contributed by atoms with van der Waals surface area (Å²) in [5, 5.41) is 7.86. The predicted molar refractivity (Wildman–Crippen MR) is 93.9 cm³/mol. The molecule has 1 fully saturated rings. The highest BCUT2D eigenvalue weighted by Crippen LogP contribution is 2.22. The fraction of sp³-hybridized carbons (Fsp3) is 0.438. The Balaban J connectivity index is 1.80. The maximum Gasteiger partial charge on any atom is 0.257 e. The maximum absolute atomic E-state index is 12.7. The van der Waals surface area contributed by atoms with E-state index < -0.39 is 0 Å². The maximum atomic E-state index is 12.7. The van der Waals surface area contributed by atoms with Gasteiger partial charge < -0.3 is 15.1 Å². The van der Waals surface area contributed by atoms with Crippen molar-refractivity contribution >= 4 is 23.2 Å². The van der Waals surface area contributed by atoms with Crippen LogP contribution in [0.5, 0.6) is 0 Å². The minimum atomic E-state index is 0.00516. The average molecular weight is 349 g/mol. The van der Waals surface area contributed by atoms with Crippen molar-refractivity contribution in [2.24, 2.45) is 0 Å². The third kappa shape index (κ3) is 3.22. The predicted octanol–water partition coefficient (Wildman–Crippen LogP) is 1.74. The van der Waals surface area contributed by atoms with Crippen LogP contribution in [-0.2, 0) is 0 Å². The van der Waals surface area contributed by atoms with Crippen LogP contribution in [0.1, 0.15) is 16.8 Å². The summed E-state index contributed by atoms with van der Waals surface area (Å²) in [7, 11) is 5.88. The van der Waals surface area contributed by atoms with Gasteiger partial charge in [-0.1, -0.05) is 11.6 Å². The van der Waals surface area contributed by atoms with Gasteiger partial charge >= 0.3 is 0 Å². The first kappa shape index (κ1) is 16.7. The van der Waals surface area contributed by atoms with Gasteiger partial charge in [0.2, 0.25) is 0 Å². The van der Waals surface area contributed by atoms with Crippen LogP contribution in [0.4, 0.5) is 5.69 Å². The molecule has 2 aromatic rings. The number of carbonyl (C=O) groups excluding carboxylic acids is 1. The molecule has 1 aliphatic rings. The molecule has 1 saturated heterocycles. The molecule has 24 heavy (non-hydrogen) atoms. The molecule has 1 unspecified atom stereocenters. The normalized spacial score (nSPS) is 17.5. The van der Waals surface area contributed by atoms with E-state index in [0.29, 0.717) is 22.4 Å². The SMILES string of the molecule is CNc1cc(Cl)cnc1-n1cc(C(=O)N2CCC(N(C)C)C2)cn1. The van der Waals surface area contributed by atoms with Gasteiger partial charge in [0, 0.05) is 38.6 Å². The van der Waals surface area contributed by atoms with E-state index >= 15 is 0 Å².